The summed E-state index contributed by atoms with van der Waals surface area (Å²) in [4.78, 5) is 0.430. The van der Waals surface area contributed by atoms with Crippen LogP contribution in [-0.2, 0) is 9.84 Å². The Balaban J connectivity index is 2.68. The first-order valence-corrected chi connectivity index (χ1v) is 7.12. The van der Waals surface area contributed by atoms with Gasteiger partial charge in [0.2, 0.25) is 0 Å². The molecule has 0 aliphatic rings. The maximum atomic E-state index is 12.0. The largest absolute Gasteiger partial charge is 0.396 e. The summed E-state index contributed by atoms with van der Waals surface area (Å²) in [5, 5.41) is 8.61. The average Bonchev–Trinajstić information content (AvgIpc) is 2.25. The van der Waals surface area contributed by atoms with Gasteiger partial charge < -0.3 is 5.11 Å². The molecule has 0 unspecified atom stereocenters. The number of hydrogen-bond acceptors (Lipinski definition) is 3. The summed E-state index contributed by atoms with van der Waals surface area (Å²) in [6, 6.07) is 7.03. The number of aliphatic hydroxyl groups is 1. The van der Waals surface area contributed by atoms with Crippen LogP contribution in [0.15, 0.2) is 29.2 Å². The maximum Gasteiger partial charge on any atom is 0.178 e. The highest BCUT2D eigenvalue weighted by Gasteiger charge is 2.15. The van der Waals surface area contributed by atoms with Crippen molar-refractivity contribution in [1.29, 1.82) is 0 Å². The lowest BCUT2D eigenvalue weighted by molar-refractivity contribution is 0.284. The summed E-state index contributed by atoms with van der Waals surface area (Å²) < 4.78 is 23.9. The predicted octanol–water partition coefficient (Wildman–Crippen LogP) is 1.93. The molecule has 0 aromatic heterocycles. The van der Waals surface area contributed by atoms with Crippen LogP contribution in [0, 0.1) is 6.92 Å². The lowest BCUT2D eigenvalue weighted by Crippen LogP contribution is -2.08. The molecule has 90 valence electrons. The molecule has 0 spiro atoms. The van der Waals surface area contributed by atoms with Crippen molar-refractivity contribution >= 4 is 9.84 Å². The molecule has 0 saturated carbocycles. The van der Waals surface area contributed by atoms with E-state index < -0.39 is 9.84 Å². The number of benzene rings is 1. The Labute approximate surface area is 97.0 Å². The van der Waals surface area contributed by atoms with Crippen molar-refractivity contribution in [3.63, 3.8) is 0 Å². The Morgan fingerprint density at radius 2 is 1.81 bits per heavy atom. The van der Waals surface area contributed by atoms with Crippen molar-refractivity contribution in [2.75, 3.05) is 12.4 Å². The first-order valence-electron chi connectivity index (χ1n) is 5.47. The normalized spacial score (nSPS) is 11.6. The van der Waals surface area contributed by atoms with Crippen LogP contribution in [0.5, 0.6) is 0 Å². The van der Waals surface area contributed by atoms with Gasteiger partial charge in [-0.3, -0.25) is 0 Å². The van der Waals surface area contributed by atoms with Gasteiger partial charge in [-0.1, -0.05) is 24.6 Å². The third-order valence-corrected chi connectivity index (χ3v) is 4.45. The van der Waals surface area contributed by atoms with Crippen LogP contribution in [0.25, 0.3) is 0 Å². The van der Waals surface area contributed by atoms with E-state index in [0.717, 1.165) is 12.0 Å². The van der Waals surface area contributed by atoms with Gasteiger partial charge in [0.05, 0.1) is 10.6 Å². The highest BCUT2D eigenvalue weighted by Crippen LogP contribution is 2.17. The fourth-order valence-electron chi connectivity index (χ4n) is 1.60. The zero-order valence-electron chi connectivity index (χ0n) is 9.52. The van der Waals surface area contributed by atoms with Crippen LogP contribution in [0.1, 0.15) is 24.8 Å². The summed E-state index contributed by atoms with van der Waals surface area (Å²) in [5.74, 6) is 0.165. The smallest absolute Gasteiger partial charge is 0.178 e. The van der Waals surface area contributed by atoms with Crippen molar-refractivity contribution in [3.05, 3.63) is 29.8 Å². The Morgan fingerprint density at radius 3 is 2.44 bits per heavy atom. The molecule has 1 N–H and O–H groups in total. The standard InChI is InChI=1S/C12H18O3S/c1-11-7-3-4-8-12(11)16(14,15)10-6-2-5-9-13/h3-4,7-8,13H,2,5-6,9-10H2,1H3. The van der Waals surface area contributed by atoms with E-state index in [1.54, 1.807) is 25.1 Å². The highest BCUT2D eigenvalue weighted by molar-refractivity contribution is 7.91. The molecule has 0 atom stereocenters. The Kier molecular flexibility index (Phi) is 4.96. The van der Waals surface area contributed by atoms with Gasteiger partial charge in [0.15, 0.2) is 9.84 Å². The molecule has 0 aliphatic carbocycles. The van der Waals surface area contributed by atoms with Crippen LogP contribution in [0.3, 0.4) is 0 Å². The van der Waals surface area contributed by atoms with Gasteiger partial charge in [-0.25, -0.2) is 8.42 Å². The zero-order chi connectivity index (χ0) is 12.0. The number of sulfone groups is 1. The molecular formula is C12H18O3S. The van der Waals surface area contributed by atoms with E-state index in [-0.39, 0.29) is 12.4 Å². The number of unbranched alkanes of at least 4 members (excludes halogenated alkanes) is 2. The minimum Gasteiger partial charge on any atom is -0.396 e. The molecule has 0 amide bonds. The van der Waals surface area contributed by atoms with Crippen LogP contribution in [0.2, 0.25) is 0 Å². The number of aryl methyl sites for hydroxylation is 1. The maximum absolute atomic E-state index is 12.0. The van der Waals surface area contributed by atoms with Crippen LogP contribution < -0.4 is 0 Å². The SMILES string of the molecule is Cc1ccccc1S(=O)(=O)CCCCCO. The van der Waals surface area contributed by atoms with Crippen molar-refractivity contribution in [3.8, 4) is 0 Å². The summed E-state index contributed by atoms with van der Waals surface area (Å²) >= 11 is 0. The van der Waals surface area contributed by atoms with E-state index in [1.807, 2.05) is 6.07 Å². The number of aliphatic hydroxyl groups excluding tert-OH is 1. The van der Waals surface area contributed by atoms with E-state index in [0.29, 0.717) is 17.7 Å². The molecule has 1 aromatic carbocycles. The van der Waals surface area contributed by atoms with Gasteiger partial charge in [-0.2, -0.15) is 0 Å². The average molecular weight is 242 g/mol. The minimum atomic E-state index is -3.15. The lowest BCUT2D eigenvalue weighted by Gasteiger charge is -2.06. The summed E-state index contributed by atoms with van der Waals surface area (Å²) in [7, 11) is -3.15. The molecular weight excluding hydrogens is 224 g/mol. The third kappa shape index (κ3) is 3.61. The van der Waals surface area contributed by atoms with E-state index >= 15 is 0 Å². The van der Waals surface area contributed by atoms with E-state index in [4.69, 9.17) is 5.11 Å². The molecule has 16 heavy (non-hydrogen) atoms. The van der Waals surface area contributed by atoms with Crippen LogP contribution >= 0.6 is 0 Å². The van der Waals surface area contributed by atoms with E-state index in [2.05, 4.69) is 0 Å². The monoisotopic (exact) mass is 242 g/mol. The molecule has 0 fully saturated rings. The second kappa shape index (κ2) is 6.01. The lowest BCUT2D eigenvalue weighted by atomic mass is 10.2. The first-order chi connectivity index (χ1) is 7.58. The van der Waals surface area contributed by atoms with Crippen molar-refractivity contribution in [1.82, 2.24) is 0 Å². The third-order valence-electron chi connectivity index (χ3n) is 2.50. The quantitative estimate of drug-likeness (QED) is 0.775. The van der Waals surface area contributed by atoms with E-state index in [9.17, 15) is 8.42 Å². The fourth-order valence-corrected chi connectivity index (χ4v) is 3.24. The van der Waals surface area contributed by atoms with Gasteiger partial charge in [0.1, 0.15) is 0 Å². The minimum absolute atomic E-state index is 0.129. The Morgan fingerprint density at radius 1 is 1.12 bits per heavy atom. The van der Waals surface area contributed by atoms with Gasteiger partial charge in [-0.05, 0) is 31.4 Å². The summed E-state index contributed by atoms with van der Waals surface area (Å²) in [6.45, 7) is 1.94. The molecule has 0 saturated heterocycles. The van der Waals surface area contributed by atoms with Gasteiger partial charge in [0.25, 0.3) is 0 Å². The second-order valence-electron chi connectivity index (χ2n) is 3.87. The molecule has 0 heterocycles. The fraction of sp³-hybridized carbons (Fsp3) is 0.500. The molecule has 0 bridgehead atoms. The Bertz CT molecular complexity index is 424. The van der Waals surface area contributed by atoms with Gasteiger partial charge in [-0.15, -0.1) is 0 Å². The van der Waals surface area contributed by atoms with Crippen LogP contribution in [-0.4, -0.2) is 25.9 Å². The predicted molar refractivity (Wildman–Crippen MR) is 64.2 cm³/mol. The highest BCUT2D eigenvalue weighted by atomic mass is 32.2. The molecule has 0 radical (unpaired) electrons. The number of hydrogen-bond donors (Lipinski definition) is 1. The zero-order valence-corrected chi connectivity index (χ0v) is 10.3. The van der Waals surface area contributed by atoms with Crippen molar-refractivity contribution < 1.29 is 13.5 Å². The first kappa shape index (κ1) is 13.2. The molecule has 4 heteroatoms. The van der Waals surface area contributed by atoms with E-state index in [1.165, 1.54) is 0 Å². The van der Waals surface area contributed by atoms with Crippen molar-refractivity contribution in [2.24, 2.45) is 0 Å². The van der Waals surface area contributed by atoms with Crippen molar-refractivity contribution in [2.45, 2.75) is 31.1 Å². The van der Waals surface area contributed by atoms with Crippen LogP contribution in [0.4, 0.5) is 0 Å². The number of rotatable bonds is 6. The topological polar surface area (TPSA) is 54.4 Å². The van der Waals surface area contributed by atoms with Gasteiger partial charge in [0, 0.05) is 6.61 Å². The van der Waals surface area contributed by atoms with Gasteiger partial charge >= 0.3 is 0 Å². The molecule has 1 rings (SSSR count). The molecule has 0 aliphatic heterocycles. The summed E-state index contributed by atoms with van der Waals surface area (Å²) in [6.07, 6.45) is 2.03. The summed E-state index contributed by atoms with van der Waals surface area (Å²) in [5.41, 5.74) is 0.796. The Hall–Kier alpha value is -0.870. The molecule has 3 nitrogen and oxygen atoms in total. The second-order valence-corrected chi connectivity index (χ2v) is 5.95. The molecule has 1 aromatic rings.